The van der Waals surface area contributed by atoms with Gasteiger partial charge in [0.25, 0.3) is 0 Å². The first-order valence-corrected chi connectivity index (χ1v) is 17.8. The van der Waals surface area contributed by atoms with Crippen molar-refractivity contribution >= 4 is 28.4 Å². The summed E-state index contributed by atoms with van der Waals surface area (Å²) in [4.78, 5) is 37.5. The Balaban J connectivity index is 1.87. The van der Waals surface area contributed by atoms with Gasteiger partial charge in [0.1, 0.15) is 5.75 Å². The highest BCUT2D eigenvalue weighted by atomic mass is 32.3. The molecule has 0 saturated heterocycles. The molecule has 46 heavy (non-hydrogen) atoms. The van der Waals surface area contributed by atoms with Gasteiger partial charge in [-0.05, 0) is 44.4 Å². The number of amides is 1. The van der Waals surface area contributed by atoms with Crippen molar-refractivity contribution in [3.8, 4) is 5.75 Å². The minimum atomic E-state index is -3.24. The largest absolute Gasteiger partial charge is 0.496 e. The van der Waals surface area contributed by atoms with Crippen molar-refractivity contribution in [3.05, 3.63) is 59.2 Å². The Bertz CT molecular complexity index is 1290. The van der Waals surface area contributed by atoms with E-state index in [0.29, 0.717) is 16.2 Å². The van der Waals surface area contributed by atoms with E-state index in [2.05, 4.69) is 29.8 Å². The molecule has 0 spiro atoms. The average Bonchev–Trinajstić information content (AvgIpc) is 3.13. The SMILES string of the molecule is CCCC[C@]1(CC)CS(O)(O)c2cc(CNC(=O)CNC(CC(=O)OCC)CC(=O)OCC)c(OC)cc2[C@@H](c2ccccc2)N1. The van der Waals surface area contributed by atoms with E-state index in [-0.39, 0.29) is 56.8 Å². The molecular weight excluding hydrogens is 610 g/mol. The second-order valence-electron chi connectivity index (χ2n) is 11.6. The van der Waals surface area contributed by atoms with Crippen LogP contribution in [0.1, 0.15) is 89.0 Å². The molecule has 1 heterocycles. The summed E-state index contributed by atoms with van der Waals surface area (Å²) in [5.41, 5.74) is 1.83. The van der Waals surface area contributed by atoms with Gasteiger partial charge in [-0.1, -0.05) is 57.0 Å². The van der Waals surface area contributed by atoms with E-state index in [1.54, 1.807) is 27.0 Å². The van der Waals surface area contributed by atoms with E-state index >= 15 is 0 Å². The maximum absolute atomic E-state index is 12.9. The Morgan fingerprint density at radius 1 is 1.02 bits per heavy atom. The van der Waals surface area contributed by atoms with Crippen molar-refractivity contribution in [2.75, 3.05) is 32.6 Å². The van der Waals surface area contributed by atoms with Crippen molar-refractivity contribution in [1.29, 1.82) is 0 Å². The number of hydrogen-bond donors (Lipinski definition) is 5. The molecule has 0 unspecified atom stereocenters. The van der Waals surface area contributed by atoms with Gasteiger partial charge in [0, 0.05) is 29.3 Å². The van der Waals surface area contributed by atoms with Crippen LogP contribution in [0.2, 0.25) is 0 Å². The lowest BCUT2D eigenvalue weighted by molar-refractivity contribution is -0.146. The molecule has 0 aromatic heterocycles. The Kier molecular flexibility index (Phi) is 14.3. The highest BCUT2D eigenvalue weighted by Crippen LogP contribution is 2.58. The molecule has 3 rings (SSSR count). The smallest absolute Gasteiger partial charge is 0.307 e. The fourth-order valence-corrected chi connectivity index (χ4v) is 8.09. The Hall–Kier alpha value is -3.16. The molecule has 0 aliphatic carbocycles. The Morgan fingerprint density at radius 3 is 2.24 bits per heavy atom. The minimum Gasteiger partial charge on any atom is -0.496 e. The quantitative estimate of drug-likeness (QED) is 0.141. The summed E-state index contributed by atoms with van der Waals surface area (Å²) < 4.78 is 39.3. The van der Waals surface area contributed by atoms with Gasteiger partial charge in [0.2, 0.25) is 5.91 Å². The summed E-state index contributed by atoms with van der Waals surface area (Å²) in [7, 11) is -1.70. The molecule has 1 aliphatic heterocycles. The number of rotatable bonds is 17. The third kappa shape index (κ3) is 10.2. The van der Waals surface area contributed by atoms with E-state index < -0.39 is 34.1 Å². The highest BCUT2D eigenvalue weighted by Gasteiger charge is 2.42. The fourth-order valence-electron chi connectivity index (χ4n) is 5.84. The number of esters is 2. The second-order valence-corrected chi connectivity index (χ2v) is 13.7. The van der Waals surface area contributed by atoms with Crippen molar-refractivity contribution in [1.82, 2.24) is 16.0 Å². The van der Waals surface area contributed by atoms with Gasteiger partial charge in [-0.3, -0.25) is 28.8 Å². The zero-order valence-corrected chi connectivity index (χ0v) is 28.5. The molecule has 2 aromatic rings. The summed E-state index contributed by atoms with van der Waals surface area (Å²) in [6, 6.07) is 12.6. The fraction of sp³-hybridized carbons (Fsp3) is 0.559. The van der Waals surface area contributed by atoms with Gasteiger partial charge in [0.05, 0.1) is 56.4 Å². The average molecular weight is 662 g/mol. The van der Waals surface area contributed by atoms with Crippen LogP contribution in [-0.2, 0) is 30.4 Å². The van der Waals surface area contributed by atoms with E-state index in [1.165, 1.54) is 0 Å². The molecule has 0 bridgehead atoms. The van der Waals surface area contributed by atoms with Crippen LogP contribution in [0.5, 0.6) is 5.75 Å². The maximum Gasteiger partial charge on any atom is 0.307 e. The van der Waals surface area contributed by atoms with Crippen molar-refractivity contribution in [3.63, 3.8) is 0 Å². The van der Waals surface area contributed by atoms with Crippen molar-refractivity contribution in [2.24, 2.45) is 0 Å². The van der Waals surface area contributed by atoms with Crippen LogP contribution in [0.4, 0.5) is 0 Å². The standard InChI is InChI=1S/C34H51N3O8S/c1-6-10-16-34(7-2)23-46(41,42)29-17-25(28(43-5)20-27(29)33(37-34)24-14-12-11-13-15-24)21-36-30(38)22-35-26(18-31(39)44-8-3)19-32(40)45-9-4/h11-15,17,20,26,33,35,37,41-42H,6-10,16,18-19,21-23H2,1-5H3,(H,36,38)/t33-,34-/m1/s1. The van der Waals surface area contributed by atoms with Crippen LogP contribution in [0.3, 0.4) is 0 Å². The van der Waals surface area contributed by atoms with Crippen LogP contribution >= 0.6 is 10.6 Å². The normalized spacial score (nSPS) is 19.4. The molecule has 0 saturated carbocycles. The third-order valence-corrected chi connectivity index (χ3v) is 10.3. The Morgan fingerprint density at radius 2 is 1.67 bits per heavy atom. The predicted molar refractivity (Wildman–Crippen MR) is 179 cm³/mol. The number of ether oxygens (including phenoxy) is 3. The Labute approximate surface area is 274 Å². The van der Waals surface area contributed by atoms with Crippen molar-refractivity contribution in [2.45, 2.75) is 95.3 Å². The number of methoxy groups -OCH3 is 1. The number of nitrogens with one attached hydrogen (secondary N) is 3. The van der Waals surface area contributed by atoms with Gasteiger partial charge in [-0.2, -0.15) is 10.6 Å². The van der Waals surface area contributed by atoms with Crippen molar-refractivity contribution < 1.29 is 37.7 Å². The zero-order chi connectivity index (χ0) is 33.7. The summed E-state index contributed by atoms with van der Waals surface area (Å²) in [6.07, 6.45) is 3.27. The lowest BCUT2D eigenvalue weighted by Gasteiger charge is -2.42. The van der Waals surface area contributed by atoms with E-state index in [0.717, 1.165) is 36.8 Å². The summed E-state index contributed by atoms with van der Waals surface area (Å²) in [5.74, 6) is -0.663. The zero-order valence-electron chi connectivity index (χ0n) is 27.7. The first kappa shape index (κ1) is 37.3. The van der Waals surface area contributed by atoms with Gasteiger partial charge in [0.15, 0.2) is 0 Å². The lowest BCUT2D eigenvalue weighted by atomic mass is 9.88. The number of carbonyl (C=O) groups is 3. The molecule has 1 amide bonds. The van der Waals surface area contributed by atoms with Gasteiger partial charge < -0.3 is 24.8 Å². The maximum atomic E-state index is 12.9. The molecule has 12 heteroatoms. The van der Waals surface area contributed by atoms with E-state index in [9.17, 15) is 23.5 Å². The number of hydrogen-bond acceptors (Lipinski definition) is 10. The van der Waals surface area contributed by atoms with Crippen LogP contribution in [0.25, 0.3) is 0 Å². The predicted octanol–water partition coefficient (Wildman–Crippen LogP) is 5.32. The summed E-state index contributed by atoms with van der Waals surface area (Å²) in [5, 5.41) is 9.65. The van der Waals surface area contributed by atoms with E-state index in [4.69, 9.17) is 14.2 Å². The lowest BCUT2D eigenvalue weighted by Crippen LogP contribution is -2.49. The first-order chi connectivity index (χ1) is 22.0. The van der Waals surface area contributed by atoms with Crippen LogP contribution in [-0.4, -0.2) is 71.2 Å². The summed E-state index contributed by atoms with van der Waals surface area (Å²) >= 11 is 0. The number of benzene rings is 2. The monoisotopic (exact) mass is 661 g/mol. The highest BCUT2D eigenvalue weighted by molar-refractivity contribution is 8.24. The molecule has 2 aromatic carbocycles. The molecular formula is C34H51N3O8S. The molecule has 0 radical (unpaired) electrons. The van der Waals surface area contributed by atoms with Gasteiger partial charge >= 0.3 is 11.9 Å². The van der Waals surface area contributed by atoms with Crippen LogP contribution < -0.4 is 20.7 Å². The number of carbonyl (C=O) groups excluding carboxylic acids is 3. The molecule has 2 atom stereocenters. The van der Waals surface area contributed by atoms with Gasteiger partial charge in [-0.15, -0.1) is 0 Å². The third-order valence-electron chi connectivity index (χ3n) is 8.29. The molecule has 0 fully saturated rings. The van der Waals surface area contributed by atoms with Gasteiger partial charge in [-0.25, -0.2) is 0 Å². The number of unbranched alkanes of at least 4 members (excludes halogenated alkanes) is 1. The molecule has 11 nitrogen and oxygen atoms in total. The molecule has 1 aliphatic rings. The second kappa shape index (κ2) is 17.7. The first-order valence-electron chi connectivity index (χ1n) is 16.1. The van der Waals surface area contributed by atoms with Crippen LogP contribution in [0, 0.1) is 0 Å². The van der Waals surface area contributed by atoms with Crippen LogP contribution in [0.15, 0.2) is 47.4 Å². The molecule has 5 N–H and O–H groups in total. The summed E-state index contributed by atoms with van der Waals surface area (Å²) in [6.45, 7) is 7.91. The minimum absolute atomic E-state index is 0.0606. The molecule has 256 valence electrons. The van der Waals surface area contributed by atoms with E-state index in [1.807, 2.05) is 36.4 Å². The topological polar surface area (TPSA) is 155 Å². The number of fused-ring (bicyclic) bond motifs is 1.